The molecule has 186 valence electrons. The Balaban J connectivity index is 1.14. The number of carbonyl (C=O) groups excluding carboxylic acids is 1. The quantitative estimate of drug-likeness (QED) is 0.269. The highest BCUT2D eigenvalue weighted by atomic mass is 32.2. The fourth-order valence-corrected chi connectivity index (χ4v) is 6.56. The molecule has 0 spiro atoms. The second kappa shape index (κ2) is 10.8. The highest BCUT2D eigenvalue weighted by molar-refractivity contribution is 7.99. The molecular weight excluding hydrogens is 494 g/mol. The van der Waals surface area contributed by atoms with Crippen molar-refractivity contribution in [3.8, 4) is 11.4 Å². The topological polar surface area (TPSA) is 108 Å². The molecule has 0 radical (unpaired) electrons. The van der Waals surface area contributed by atoms with E-state index >= 15 is 0 Å². The van der Waals surface area contributed by atoms with Gasteiger partial charge in [-0.2, -0.15) is 4.31 Å². The Hall–Kier alpha value is -3.21. The van der Waals surface area contributed by atoms with Crippen LogP contribution in [-0.2, 0) is 14.8 Å². The number of nitrogens with one attached hydrogen (secondary N) is 2. The van der Waals surface area contributed by atoms with Gasteiger partial charge in [0.05, 0.1) is 10.8 Å². The van der Waals surface area contributed by atoms with Crippen LogP contribution in [0.2, 0.25) is 0 Å². The van der Waals surface area contributed by atoms with Gasteiger partial charge in [0.2, 0.25) is 21.1 Å². The first-order chi connectivity index (χ1) is 17.5. The van der Waals surface area contributed by atoms with Gasteiger partial charge < -0.3 is 5.32 Å². The second-order valence-electron chi connectivity index (χ2n) is 8.68. The van der Waals surface area contributed by atoms with E-state index in [-0.39, 0.29) is 23.3 Å². The zero-order valence-electron chi connectivity index (χ0n) is 19.6. The van der Waals surface area contributed by atoms with Crippen molar-refractivity contribution in [2.24, 2.45) is 5.92 Å². The Morgan fingerprint density at radius 2 is 1.83 bits per heavy atom. The molecule has 4 aromatic rings. The summed E-state index contributed by atoms with van der Waals surface area (Å²) in [6, 6.07) is 22.6. The molecular formula is C26H27N5O3S2. The molecule has 2 heterocycles. The minimum Gasteiger partial charge on any atom is -0.355 e. The number of hydrogen-bond donors (Lipinski definition) is 2. The Labute approximate surface area is 214 Å². The van der Waals surface area contributed by atoms with Crippen LogP contribution in [0.3, 0.4) is 0 Å². The zero-order chi connectivity index (χ0) is 25.0. The van der Waals surface area contributed by atoms with Crippen LogP contribution in [0.15, 0.2) is 82.8 Å². The van der Waals surface area contributed by atoms with Gasteiger partial charge in [0.15, 0.2) is 5.82 Å². The smallest absolute Gasteiger partial charge is 0.243 e. The van der Waals surface area contributed by atoms with E-state index in [1.54, 1.807) is 12.1 Å². The number of aromatic amines is 1. The number of H-pyrrole nitrogens is 1. The average molecular weight is 522 g/mol. The van der Waals surface area contributed by atoms with Gasteiger partial charge in [0.1, 0.15) is 0 Å². The van der Waals surface area contributed by atoms with Gasteiger partial charge in [0.25, 0.3) is 0 Å². The fourth-order valence-electron chi connectivity index (χ4n) is 4.35. The van der Waals surface area contributed by atoms with Crippen molar-refractivity contribution >= 4 is 38.5 Å². The minimum absolute atomic E-state index is 0.117. The van der Waals surface area contributed by atoms with Crippen molar-refractivity contribution < 1.29 is 13.2 Å². The molecule has 8 nitrogen and oxygen atoms in total. The van der Waals surface area contributed by atoms with E-state index in [1.807, 2.05) is 60.7 Å². The molecule has 5 rings (SSSR count). The van der Waals surface area contributed by atoms with Gasteiger partial charge in [-0.3, -0.25) is 9.89 Å². The molecule has 2 N–H and O–H groups in total. The number of nitrogens with zero attached hydrogens (tertiary/aromatic N) is 3. The first-order valence-electron chi connectivity index (χ1n) is 11.9. The van der Waals surface area contributed by atoms with E-state index in [2.05, 4.69) is 20.5 Å². The standard InChI is InChI=1S/C26H27N5O3S2/c32-25(27-14-16-35-26-28-24(29-30-26)20-8-2-1-3-9-20)22-11-6-15-31(18-22)36(33,34)23-13-12-19-7-4-5-10-21(19)17-23/h1-5,7-10,12-13,17,22H,6,11,14-16,18H2,(H,27,32)(H,28,29,30). The number of benzene rings is 3. The molecule has 1 amide bonds. The van der Waals surface area contributed by atoms with E-state index in [0.717, 1.165) is 16.3 Å². The van der Waals surface area contributed by atoms with Crippen LogP contribution < -0.4 is 5.32 Å². The molecule has 1 aromatic heterocycles. The number of amides is 1. The summed E-state index contributed by atoms with van der Waals surface area (Å²) in [6.07, 6.45) is 1.32. The van der Waals surface area contributed by atoms with Crippen molar-refractivity contribution in [3.63, 3.8) is 0 Å². The van der Waals surface area contributed by atoms with Crippen molar-refractivity contribution in [2.45, 2.75) is 22.9 Å². The van der Waals surface area contributed by atoms with Gasteiger partial charge in [-0.05, 0) is 35.7 Å². The SMILES string of the molecule is O=C(NCCSc1n[nH]c(-c2ccccc2)n1)C1CCCN(S(=O)(=O)c2ccc3ccccc3c2)C1. The summed E-state index contributed by atoms with van der Waals surface area (Å²) in [5.41, 5.74) is 0.964. The highest BCUT2D eigenvalue weighted by Crippen LogP contribution is 2.26. The first kappa shape index (κ1) is 24.5. The van der Waals surface area contributed by atoms with E-state index in [0.29, 0.717) is 42.7 Å². The maximum atomic E-state index is 13.3. The highest BCUT2D eigenvalue weighted by Gasteiger charge is 2.33. The summed E-state index contributed by atoms with van der Waals surface area (Å²) in [4.78, 5) is 17.5. The number of carbonyl (C=O) groups is 1. The van der Waals surface area contributed by atoms with E-state index in [4.69, 9.17) is 0 Å². The Morgan fingerprint density at radius 1 is 1.06 bits per heavy atom. The van der Waals surface area contributed by atoms with Crippen LogP contribution in [0.25, 0.3) is 22.2 Å². The predicted molar refractivity (Wildman–Crippen MR) is 141 cm³/mol. The largest absolute Gasteiger partial charge is 0.355 e. The molecule has 1 aliphatic rings. The molecule has 1 aliphatic heterocycles. The molecule has 0 bridgehead atoms. The number of piperidine rings is 1. The predicted octanol–water partition coefficient (Wildman–Crippen LogP) is 3.93. The maximum Gasteiger partial charge on any atom is 0.243 e. The van der Waals surface area contributed by atoms with Crippen molar-refractivity contribution in [2.75, 3.05) is 25.4 Å². The summed E-state index contributed by atoms with van der Waals surface area (Å²) in [7, 11) is -3.67. The normalized spacial score (nSPS) is 16.7. The first-order valence-corrected chi connectivity index (χ1v) is 14.3. The van der Waals surface area contributed by atoms with Crippen LogP contribution in [0, 0.1) is 5.92 Å². The van der Waals surface area contributed by atoms with Gasteiger partial charge >= 0.3 is 0 Å². The zero-order valence-corrected chi connectivity index (χ0v) is 21.3. The summed E-state index contributed by atoms with van der Waals surface area (Å²) in [5.74, 6) is 0.835. The third-order valence-corrected chi connectivity index (χ3v) is 8.97. The number of hydrogen-bond acceptors (Lipinski definition) is 6. The van der Waals surface area contributed by atoms with E-state index in [1.165, 1.54) is 16.1 Å². The van der Waals surface area contributed by atoms with Crippen molar-refractivity contribution in [3.05, 3.63) is 72.8 Å². The van der Waals surface area contributed by atoms with Crippen LogP contribution in [0.1, 0.15) is 12.8 Å². The molecule has 1 fully saturated rings. The lowest BCUT2D eigenvalue weighted by molar-refractivity contribution is -0.125. The van der Waals surface area contributed by atoms with Crippen LogP contribution >= 0.6 is 11.8 Å². The maximum absolute atomic E-state index is 13.3. The molecule has 1 unspecified atom stereocenters. The number of rotatable bonds is 8. The van der Waals surface area contributed by atoms with Crippen LogP contribution in [0.4, 0.5) is 0 Å². The Morgan fingerprint density at radius 3 is 2.67 bits per heavy atom. The lowest BCUT2D eigenvalue weighted by Gasteiger charge is -2.31. The molecule has 1 atom stereocenters. The summed E-state index contributed by atoms with van der Waals surface area (Å²) < 4.78 is 28.0. The van der Waals surface area contributed by atoms with Crippen molar-refractivity contribution in [1.82, 2.24) is 24.8 Å². The third kappa shape index (κ3) is 5.45. The second-order valence-corrected chi connectivity index (χ2v) is 11.7. The van der Waals surface area contributed by atoms with Gasteiger partial charge in [0, 0.05) is 31.0 Å². The summed E-state index contributed by atoms with van der Waals surface area (Å²) in [5, 5.41) is 12.6. The van der Waals surface area contributed by atoms with Crippen LogP contribution in [-0.4, -0.2) is 59.2 Å². The lowest BCUT2D eigenvalue weighted by Crippen LogP contribution is -2.45. The molecule has 10 heteroatoms. The molecule has 0 aliphatic carbocycles. The molecule has 1 saturated heterocycles. The Kier molecular flexibility index (Phi) is 7.35. The Bertz CT molecular complexity index is 1460. The van der Waals surface area contributed by atoms with Gasteiger partial charge in [-0.1, -0.05) is 72.4 Å². The number of aromatic nitrogens is 3. The molecule has 0 saturated carbocycles. The summed E-state index contributed by atoms with van der Waals surface area (Å²) in [6.45, 7) is 1.06. The summed E-state index contributed by atoms with van der Waals surface area (Å²) >= 11 is 1.45. The number of thioether (sulfide) groups is 1. The number of sulfonamides is 1. The number of fused-ring (bicyclic) bond motifs is 1. The minimum atomic E-state index is -3.67. The van der Waals surface area contributed by atoms with E-state index < -0.39 is 10.0 Å². The van der Waals surface area contributed by atoms with Gasteiger partial charge in [-0.15, -0.1) is 5.10 Å². The monoisotopic (exact) mass is 521 g/mol. The lowest BCUT2D eigenvalue weighted by atomic mass is 9.99. The van der Waals surface area contributed by atoms with Crippen LogP contribution in [0.5, 0.6) is 0 Å². The average Bonchev–Trinajstić information content (AvgIpc) is 3.40. The van der Waals surface area contributed by atoms with E-state index in [9.17, 15) is 13.2 Å². The molecule has 3 aromatic carbocycles. The fraction of sp³-hybridized carbons (Fsp3) is 0.269. The van der Waals surface area contributed by atoms with Crippen molar-refractivity contribution in [1.29, 1.82) is 0 Å². The molecule has 36 heavy (non-hydrogen) atoms. The third-order valence-electron chi connectivity index (χ3n) is 6.26. The van der Waals surface area contributed by atoms with Gasteiger partial charge in [-0.25, -0.2) is 13.4 Å².